The molecule has 0 aromatic heterocycles. The van der Waals surface area contributed by atoms with Crippen LogP contribution in [0.15, 0.2) is 0 Å². The van der Waals surface area contributed by atoms with Crippen LogP contribution < -0.4 is 5.32 Å². The van der Waals surface area contributed by atoms with Crippen LogP contribution in [0.3, 0.4) is 0 Å². The summed E-state index contributed by atoms with van der Waals surface area (Å²) >= 11 is 0. The number of rotatable bonds is 13. The van der Waals surface area contributed by atoms with Crippen molar-refractivity contribution in [1.82, 2.24) is 10.2 Å². The smallest absolute Gasteiger partial charge is 0.00103 e. The molecule has 0 aliphatic heterocycles. The van der Waals surface area contributed by atoms with Gasteiger partial charge in [0.2, 0.25) is 0 Å². The summed E-state index contributed by atoms with van der Waals surface area (Å²) in [6.07, 6.45) is 8.19. The number of nitrogens with zero attached hydrogens (tertiary/aromatic N) is 1. The van der Waals surface area contributed by atoms with Gasteiger partial charge in [-0.3, -0.25) is 0 Å². The zero-order chi connectivity index (χ0) is 14.5. The lowest BCUT2D eigenvalue weighted by molar-refractivity contribution is 0.239. The predicted octanol–water partition coefficient (Wildman–Crippen LogP) is 4.30. The molecule has 0 amide bonds. The Morgan fingerprint density at radius 2 is 1.47 bits per heavy atom. The molecule has 0 aromatic carbocycles. The van der Waals surface area contributed by atoms with Crippen LogP contribution in [0.1, 0.15) is 73.1 Å². The van der Waals surface area contributed by atoms with Crippen LogP contribution in [-0.2, 0) is 0 Å². The molecule has 19 heavy (non-hydrogen) atoms. The first kappa shape index (κ1) is 18.9. The average molecular weight is 271 g/mol. The molecule has 2 heteroatoms. The minimum atomic E-state index is 0.638. The standard InChI is InChI=1S/C17H38N2/c1-6-13-19(15-16(2)3)14-11-9-7-8-10-12-18-17(4)5/h16-18H,6-15H2,1-5H3. The van der Waals surface area contributed by atoms with Crippen molar-refractivity contribution in [3.63, 3.8) is 0 Å². The molecule has 0 saturated carbocycles. The summed E-state index contributed by atoms with van der Waals surface area (Å²) in [5.41, 5.74) is 0. The Morgan fingerprint density at radius 1 is 0.842 bits per heavy atom. The first-order valence-corrected chi connectivity index (χ1v) is 8.52. The summed E-state index contributed by atoms with van der Waals surface area (Å²) < 4.78 is 0. The van der Waals surface area contributed by atoms with Gasteiger partial charge in [0.25, 0.3) is 0 Å². The zero-order valence-electron chi connectivity index (χ0n) is 14.2. The highest BCUT2D eigenvalue weighted by molar-refractivity contribution is 4.60. The topological polar surface area (TPSA) is 15.3 Å². The summed E-state index contributed by atoms with van der Waals surface area (Å²) in [6.45, 7) is 16.4. The Balaban J connectivity index is 3.39. The van der Waals surface area contributed by atoms with E-state index in [0.29, 0.717) is 6.04 Å². The summed E-state index contributed by atoms with van der Waals surface area (Å²) in [4.78, 5) is 2.64. The Hall–Kier alpha value is -0.0800. The minimum Gasteiger partial charge on any atom is -0.315 e. The molecule has 0 aromatic rings. The Bertz CT molecular complexity index is 178. The van der Waals surface area contributed by atoms with Gasteiger partial charge in [0.1, 0.15) is 0 Å². The molecule has 2 nitrogen and oxygen atoms in total. The first-order chi connectivity index (χ1) is 9.06. The fourth-order valence-electron chi connectivity index (χ4n) is 2.51. The largest absolute Gasteiger partial charge is 0.315 e. The molecule has 0 aliphatic carbocycles. The molecule has 0 fully saturated rings. The van der Waals surface area contributed by atoms with Crippen LogP contribution in [0.4, 0.5) is 0 Å². The third kappa shape index (κ3) is 14.1. The Labute approximate surface area is 122 Å². The second-order valence-electron chi connectivity index (χ2n) is 6.57. The highest BCUT2D eigenvalue weighted by Gasteiger charge is 2.05. The van der Waals surface area contributed by atoms with Crippen LogP contribution in [0.2, 0.25) is 0 Å². The van der Waals surface area contributed by atoms with Gasteiger partial charge < -0.3 is 10.2 Å². The predicted molar refractivity (Wildman–Crippen MR) is 87.8 cm³/mol. The van der Waals surface area contributed by atoms with Crippen molar-refractivity contribution in [3.05, 3.63) is 0 Å². The number of hydrogen-bond donors (Lipinski definition) is 1. The van der Waals surface area contributed by atoms with E-state index in [-0.39, 0.29) is 0 Å². The summed E-state index contributed by atoms with van der Waals surface area (Å²) in [6, 6.07) is 0.638. The highest BCUT2D eigenvalue weighted by Crippen LogP contribution is 2.06. The van der Waals surface area contributed by atoms with E-state index in [1.165, 1.54) is 64.7 Å². The van der Waals surface area contributed by atoms with Crippen LogP contribution in [0.25, 0.3) is 0 Å². The van der Waals surface area contributed by atoms with Gasteiger partial charge in [-0.15, -0.1) is 0 Å². The van der Waals surface area contributed by atoms with Gasteiger partial charge in [-0.05, 0) is 44.8 Å². The second-order valence-corrected chi connectivity index (χ2v) is 6.57. The third-order valence-electron chi connectivity index (χ3n) is 3.37. The van der Waals surface area contributed by atoms with Crippen LogP contribution in [0.5, 0.6) is 0 Å². The van der Waals surface area contributed by atoms with Crippen molar-refractivity contribution in [1.29, 1.82) is 0 Å². The molecule has 1 N–H and O–H groups in total. The van der Waals surface area contributed by atoms with E-state index in [9.17, 15) is 0 Å². The zero-order valence-corrected chi connectivity index (χ0v) is 14.2. The molecular weight excluding hydrogens is 232 g/mol. The normalized spacial score (nSPS) is 12.0. The molecule has 0 unspecified atom stereocenters. The molecular formula is C17H38N2. The van der Waals surface area contributed by atoms with E-state index >= 15 is 0 Å². The maximum atomic E-state index is 3.48. The lowest BCUT2D eigenvalue weighted by Crippen LogP contribution is -2.29. The van der Waals surface area contributed by atoms with E-state index in [1.807, 2.05) is 0 Å². The van der Waals surface area contributed by atoms with Gasteiger partial charge in [0, 0.05) is 12.6 Å². The van der Waals surface area contributed by atoms with Gasteiger partial charge in [-0.2, -0.15) is 0 Å². The molecule has 0 atom stereocenters. The maximum absolute atomic E-state index is 3.48. The minimum absolute atomic E-state index is 0.638. The van der Waals surface area contributed by atoms with Gasteiger partial charge >= 0.3 is 0 Å². The fraction of sp³-hybridized carbons (Fsp3) is 1.00. The summed E-state index contributed by atoms with van der Waals surface area (Å²) in [7, 11) is 0. The second kappa shape index (κ2) is 12.9. The molecule has 116 valence electrons. The van der Waals surface area contributed by atoms with Crippen molar-refractivity contribution >= 4 is 0 Å². The first-order valence-electron chi connectivity index (χ1n) is 8.52. The summed E-state index contributed by atoms with van der Waals surface area (Å²) in [5, 5.41) is 3.48. The summed E-state index contributed by atoms with van der Waals surface area (Å²) in [5.74, 6) is 0.800. The molecule has 0 radical (unpaired) electrons. The maximum Gasteiger partial charge on any atom is 0.00103 e. The monoisotopic (exact) mass is 270 g/mol. The van der Waals surface area contributed by atoms with Gasteiger partial charge in [0.05, 0.1) is 0 Å². The van der Waals surface area contributed by atoms with Gasteiger partial charge in [0.15, 0.2) is 0 Å². The highest BCUT2D eigenvalue weighted by atomic mass is 15.1. The SMILES string of the molecule is CCCN(CCCCCCCNC(C)C)CC(C)C. The van der Waals surface area contributed by atoms with Crippen LogP contribution >= 0.6 is 0 Å². The molecule has 0 rings (SSSR count). The lowest BCUT2D eigenvalue weighted by atomic mass is 10.1. The van der Waals surface area contributed by atoms with Crippen molar-refractivity contribution in [2.45, 2.75) is 79.2 Å². The number of unbranched alkanes of at least 4 members (excludes halogenated alkanes) is 4. The molecule has 0 saturated heterocycles. The Morgan fingerprint density at radius 3 is 2.05 bits per heavy atom. The lowest BCUT2D eigenvalue weighted by Gasteiger charge is -2.23. The number of hydrogen-bond acceptors (Lipinski definition) is 2. The van der Waals surface area contributed by atoms with Crippen molar-refractivity contribution < 1.29 is 0 Å². The van der Waals surface area contributed by atoms with Crippen molar-refractivity contribution in [3.8, 4) is 0 Å². The molecule has 0 bridgehead atoms. The molecule has 0 aliphatic rings. The van der Waals surface area contributed by atoms with Gasteiger partial charge in [-0.1, -0.05) is 53.9 Å². The number of nitrogens with one attached hydrogen (secondary N) is 1. The van der Waals surface area contributed by atoms with E-state index in [2.05, 4.69) is 44.8 Å². The van der Waals surface area contributed by atoms with E-state index in [4.69, 9.17) is 0 Å². The fourth-order valence-corrected chi connectivity index (χ4v) is 2.51. The van der Waals surface area contributed by atoms with Crippen LogP contribution in [0, 0.1) is 5.92 Å². The average Bonchev–Trinajstić information content (AvgIpc) is 2.31. The quantitative estimate of drug-likeness (QED) is 0.502. The third-order valence-corrected chi connectivity index (χ3v) is 3.37. The molecule has 0 heterocycles. The Kier molecular flexibility index (Phi) is 12.9. The van der Waals surface area contributed by atoms with Crippen molar-refractivity contribution in [2.24, 2.45) is 5.92 Å². The van der Waals surface area contributed by atoms with E-state index in [0.717, 1.165) is 5.92 Å². The molecule has 0 spiro atoms. The van der Waals surface area contributed by atoms with E-state index in [1.54, 1.807) is 0 Å². The van der Waals surface area contributed by atoms with Gasteiger partial charge in [-0.25, -0.2) is 0 Å². The van der Waals surface area contributed by atoms with Crippen LogP contribution in [-0.4, -0.2) is 37.1 Å². The van der Waals surface area contributed by atoms with Crippen molar-refractivity contribution in [2.75, 3.05) is 26.2 Å². The van der Waals surface area contributed by atoms with E-state index < -0.39 is 0 Å².